The Labute approximate surface area is 155 Å². The molecule has 0 saturated heterocycles. The van der Waals surface area contributed by atoms with Crippen LogP contribution in [0, 0.1) is 24.1 Å². The quantitative estimate of drug-likeness (QED) is 0.720. The summed E-state index contributed by atoms with van der Waals surface area (Å²) in [5, 5.41) is 20.0. The molecule has 0 fully saturated rings. The van der Waals surface area contributed by atoms with Gasteiger partial charge in [0, 0.05) is 6.21 Å². The van der Waals surface area contributed by atoms with Gasteiger partial charge in [-0.15, -0.1) is 0 Å². The molecule has 0 aliphatic heterocycles. The Bertz CT molecular complexity index is 1110. The van der Waals surface area contributed by atoms with Gasteiger partial charge in [0.25, 0.3) is 5.56 Å². The highest BCUT2D eigenvalue weighted by atomic mass is 19.1. The maximum absolute atomic E-state index is 13.8. The fraction of sp³-hybridized carbons (Fsp3) is 0.0952. The Morgan fingerprint density at radius 1 is 1.19 bits per heavy atom. The van der Waals surface area contributed by atoms with Crippen LogP contribution in [0.4, 0.5) is 10.1 Å². The summed E-state index contributed by atoms with van der Waals surface area (Å²) in [4.78, 5) is 16.7. The van der Waals surface area contributed by atoms with Crippen molar-refractivity contribution in [1.82, 2.24) is 4.57 Å². The maximum atomic E-state index is 13.8. The molecule has 6 heteroatoms. The molecule has 0 aliphatic rings. The molecule has 3 rings (SSSR count). The van der Waals surface area contributed by atoms with Crippen LogP contribution in [0.5, 0.6) is 5.88 Å². The minimum Gasteiger partial charge on any atom is -0.494 e. The van der Waals surface area contributed by atoms with E-state index in [0.29, 0.717) is 5.56 Å². The molecule has 0 aliphatic carbocycles. The van der Waals surface area contributed by atoms with E-state index >= 15 is 0 Å². The Morgan fingerprint density at radius 2 is 1.85 bits per heavy atom. The first-order valence-electron chi connectivity index (χ1n) is 8.22. The molecule has 0 saturated carbocycles. The van der Waals surface area contributed by atoms with Gasteiger partial charge in [-0.25, -0.2) is 4.39 Å². The van der Waals surface area contributed by atoms with E-state index in [1.165, 1.54) is 18.3 Å². The zero-order valence-electron chi connectivity index (χ0n) is 14.6. The van der Waals surface area contributed by atoms with Gasteiger partial charge in [-0.05, 0) is 30.2 Å². The molecule has 3 aromatic rings. The molecule has 0 atom stereocenters. The van der Waals surface area contributed by atoms with Gasteiger partial charge >= 0.3 is 0 Å². The Balaban J connectivity index is 2.14. The number of aliphatic imine (C=N–C) groups is 1. The molecule has 0 bridgehead atoms. The molecule has 27 heavy (non-hydrogen) atoms. The number of aromatic nitrogens is 1. The number of halogens is 1. The van der Waals surface area contributed by atoms with Crippen molar-refractivity contribution >= 4 is 11.9 Å². The molecule has 1 N–H and O–H groups in total. The summed E-state index contributed by atoms with van der Waals surface area (Å²) in [6, 6.07) is 16.9. The molecule has 134 valence electrons. The van der Waals surface area contributed by atoms with E-state index < -0.39 is 11.4 Å². The van der Waals surface area contributed by atoms with Crippen molar-refractivity contribution in [1.29, 1.82) is 5.26 Å². The molecule has 2 aromatic carbocycles. The van der Waals surface area contributed by atoms with Crippen LogP contribution in [0.2, 0.25) is 0 Å². The largest absolute Gasteiger partial charge is 0.494 e. The third-order valence-corrected chi connectivity index (χ3v) is 4.22. The zero-order valence-corrected chi connectivity index (χ0v) is 14.6. The summed E-state index contributed by atoms with van der Waals surface area (Å²) in [6.45, 7) is 1.65. The minimum absolute atomic E-state index is 0.0845. The second-order valence-electron chi connectivity index (χ2n) is 5.94. The number of rotatable bonds is 4. The number of nitriles is 1. The summed E-state index contributed by atoms with van der Waals surface area (Å²) in [6.07, 6.45) is 1.27. The van der Waals surface area contributed by atoms with E-state index in [0.717, 1.165) is 10.1 Å². The molecule has 0 spiro atoms. The van der Waals surface area contributed by atoms with Crippen LogP contribution in [0.1, 0.15) is 22.3 Å². The monoisotopic (exact) mass is 361 g/mol. The third-order valence-electron chi connectivity index (χ3n) is 4.22. The van der Waals surface area contributed by atoms with E-state index in [-0.39, 0.29) is 29.2 Å². The Hall–Kier alpha value is -3.72. The first-order valence-corrected chi connectivity index (χ1v) is 8.22. The standard InChI is InChI=1S/C21H16FN3O2/c1-14-16(11-23)20(26)25(13-15-7-3-2-4-8-15)21(27)17(14)12-24-19-10-6-5-9-18(19)22/h2-10,12,27H,13H2,1H3. The molecule has 1 aromatic heterocycles. The van der Waals surface area contributed by atoms with Crippen LogP contribution < -0.4 is 5.56 Å². The molecule has 0 radical (unpaired) electrons. The number of para-hydroxylation sites is 1. The van der Waals surface area contributed by atoms with Crippen molar-refractivity contribution in [2.45, 2.75) is 13.5 Å². The first kappa shape index (κ1) is 18.1. The van der Waals surface area contributed by atoms with Gasteiger partial charge in [0.05, 0.1) is 17.8 Å². The highest BCUT2D eigenvalue weighted by Gasteiger charge is 2.18. The van der Waals surface area contributed by atoms with Gasteiger partial charge in [-0.3, -0.25) is 14.4 Å². The lowest BCUT2D eigenvalue weighted by Gasteiger charge is -2.14. The summed E-state index contributed by atoms with van der Waals surface area (Å²) in [7, 11) is 0. The number of benzene rings is 2. The summed E-state index contributed by atoms with van der Waals surface area (Å²) >= 11 is 0. The fourth-order valence-electron chi connectivity index (χ4n) is 2.73. The van der Waals surface area contributed by atoms with Gasteiger partial charge in [0.1, 0.15) is 17.4 Å². The summed E-state index contributed by atoms with van der Waals surface area (Å²) in [5.41, 5.74) is 0.711. The number of nitrogens with zero attached hydrogens (tertiary/aromatic N) is 3. The predicted octanol–water partition coefficient (Wildman–Crippen LogP) is 3.67. The lowest BCUT2D eigenvalue weighted by molar-refractivity contribution is 0.413. The SMILES string of the molecule is Cc1c(C=Nc2ccccc2F)c(O)n(Cc2ccccc2)c(=O)c1C#N. The topological polar surface area (TPSA) is 78.4 Å². The van der Waals surface area contributed by atoms with Crippen molar-refractivity contribution in [3.63, 3.8) is 0 Å². The van der Waals surface area contributed by atoms with Crippen LogP contribution >= 0.6 is 0 Å². The normalized spacial score (nSPS) is 10.9. The zero-order chi connectivity index (χ0) is 19.4. The van der Waals surface area contributed by atoms with Gasteiger partial charge < -0.3 is 5.11 Å². The number of pyridine rings is 1. The fourth-order valence-corrected chi connectivity index (χ4v) is 2.73. The van der Waals surface area contributed by atoms with Gasteiger partial charge in [-0.1, -0.05) is 42.5 Å². The number of hydrogen-bond donors (Lipinski definition) is 1. The average molecular weight is 361 g/mol. The van der Waals surface area contributed by atoms with Crippen LogP contribution in [0.3, 0.4) is 0 Å². The van der Waals surface area contributed by atoms with E-state index in [1.54, 1.807) is 19.1 Å². The highest BCUT2D eigenvalue weighted by Crippen LogP contribution is 2.23. The van der Waals surface area contributed by atoms with Crippen molar-refractivity contribution < 1.29 is 9.50 Å². The second kappa shape index (κ2) is 7.67. The Morgan fingerprint density at radius 3 is 2.52 bits per heavy atom. The molecule has 1 heterocycles. The van der Waals surface area contributed by atoms with Crippen LogP contribution in [-0.2, 0) is 6.54 Å². The van der Waals surface area contributed by atoms with Crippen LogP contribution in [0.25, 0.3) is 0 Å². The van der Waals surface area contributed by atoms with Gasteiger partial charge in [-0.2, -0.15) is 5.26 Å². The Kier molecular flexibility index (Phi) is 5.13. The smallest absolute Gasteiger partial charge is 0.271 e. The lowest BCUT2D eigenvalue weighted by atomic mass is 10.1. The van der Waals surface area contributed by atoms with Gasteiger partial charge in [0.2, 0.25) is 5.88 Å². The van der Waals surface area contributed by atoms with E-state index in [2.05, 4.69) is 4.99 Å². The van der Waals surface area contributed by atoms with Gasteiger partial charge in [0.15, 0.2) is 0 Å². The molecule has 0 unspecified atom stereocenters. The van der Waals surface area contributed by atoms with Crippen molar-refractivity contribution in [3.8, 4) is 11.9 Å². The van der Waals surface area contributed by atoms with Crippen molar-refractivity contribution in [3.05, 3.63) is 93.0 Å². The third kappa shape index (κ3) is 3.62. The van der Waals surface area contributed by atoms with Crippen molar-refractivity contribution in [2.24, 2.45) is 4.99 Å². The molecule has 5 nitrogen and oxygen atoms in total. The molecule has 0 amide bonds. The van der Waals surface area contributed by atoms with Crippen molar-refractivity contribution in [2.75, 3.05) is 0 Å². The van der Waals surface area contributed by atoms with Crippen LogP contribution in [-0.4, -0.2) is 15.9 Å². The lowest BCUT2D eigenvalue weighted by Crippen LogP contribution is -2.25. The second-order valence-corrected chi connectivity index (χ2v) is 5.94. The summed E-state index contributed by atoms with van der Waals surface area (Å²) < 4.78 is 14.9. The minimum atomic E-state index is -0.584. The molecular formula is C21H16FN3O2. The number of aromatic hydroxyl groups is 1. The van der Waals surface area contributed by atoms with E-state index in [1.807, 2.05) is 36.4 Å². The van der Waals surface area contributed by atoms with E-state index in [9.17, 15) is 19.6 Å². The highest BCUT2D eigenvalue weighted by molar-refractivity contribution is 5.87. The van der Waals surface area contributed by atoms with Crippen LogP contribution in [0.15, 0.2) is 64.4 Å². The molecular weight excluding hydrogens is 345 g/mol. The summed E-state index contributed by atoms with van der Waals surface area (Å²) in [5.74, 6) is -0.829. The predicted molar refractivity (Wildman–Crippen MR) is 101 cm³/mol. The maximum Gasteiger partial charge on any atom is 0.271 e. The van der Waals surface area contributed by atoms with E-state index in [4.69, 9.17) is 0 Å². The average Bonchev–Trinajstić information content (AvgIpc) is 2.67. The number of hydrogen-bond acceptors (Lipinski definition) is 4. The first-order chi connectivity index (χ1) is 13.0.